The average Bonchev–Trinajstić information content (AvgIpc) is 2.39. The Morgan fingerprint density at radius 1 is 1.47 bits per heavy atom. The Morgan fingerprint density at radius 3 is 2.63 bits per heavy atom. The van der Waals surface area contributed by atoms with Crippen molar-refractivity contribution in [1.82, 2.24) is 5.32 Å². The first kappa shape index (κ1) is 14.8. The van der Waals surface area contributed by atoms with E-state index in [0.29, 0.717) is 19.4 Å². The van der Waals surface area contributed by atoms with Gasteiger partial charge in [-0.2, -0.15) is 0 Å². The third-order valence-electron chi connectivity index (χ3n) is 2.62. The normalized spacial score (nSPS) is 11.6. The van der Waals surface area contributed by atoms with Crippen LogP contribution in [0.2, 0.25) is 0 Å². The van der Waals surface area contributed by atoms with Crippen molar-refractivity contribution in [2.24, 2.45) is 5.73 Å². The smallest absolute Gasteiger partial charge is 0.269 e. The molecular formula is C13H17N3O3. The molecule has 1 aromatic rings. The molecule has 19 heavy (non-hydrogen) atoms. The van der Waals surface area contributed by atoms with E-state index in [1.165, 1.54) is 12.1 Å². The van der Waals surface area contributed by atoms with Gasteiger partial charge in [0.15, 0.2) is 0 Å². The molecule has 0 bridgehead atoms. The topological polar surface area (TPSA) is 98.3 Å². The lowest BCUT2D eigenvalue weighted by molar-refractivity contribution is -0.384. The summed E-state index contributed by atoms with van der Waals surface area (Å²) in [6, 6.07) is 5.66. The second kappa shape index (κ2) is 7.27. The van der Waals surface area contributed by atoms with Crippen molar-refractivity contribution in [3.8, 4) is 0 Å². The molecule has 0 aliphatic heterocycles. The number of nitro benzene ring substituents is 1. The zero-order chi connectivity index (χ0) is 14.3. The van der Waals surface area contributed by atoms with Crippen LogP contribution in [0.25, 0.3) is 0 Å². The summed E-state index contributed by atoms with van der Waals surface area (Å²) in [7, 11) is 0. The second-order valence-corrected chi connectivity index (χ2v) is 4.10. The maximum Gasteiger partial charge on any atom is 0.269 e. The highest BCUT2D eigenvalue weighted by molar-refractivity contribution is 5.81. The lowest BCUT2D eigenvalue weighted by Crippen LogP contribution is -2.40. The van der Waals surface area contributed by atoms with Gasteiger partial charge in [-0.3, -0.25) is 14.9 Å². The van der Waals surface area contributed by atoms with E-state index in [0.717, 1.165) is 5.56 Å². The van der Waals surface area contributed by atoms with Crippen LogP contribution in [0.4, 0.5) is 5.69 Å². The molecule has 0 aliphatic rings. The fraction of sp³-hybridized carbons (Fsp3) is 0.308. The Kier molecular flexibility index (Phi) is 5.69. The van der Waals surface area contributed by atoms with Crippen LogP contribution in [0, 0.1) is 10.1 Å². The van der Waals surface area contributed by atoms with Crippen LogP contribution >= 0.6 is 0 Å². The third kappa shape index (κ3) is 4.89. The minimum Gasteiger partial charge on any atom is -0.354 e. The van der Waals surface area contributed by atoms with Crippen molar-refractivity contribution in [3.63, 3.8) is 0 Å². The molecule has 6 nitrogen and oxygen atoms in total. The van der Waals surface area contributed by atoms with Crippen molar-refractivity contribution in [1.29, 1.82) is 0 Å². The molecule has 1 atom stereocenters. The van der Waals surface area contributed by atoms with Gasteiger partial charge in [0.25, 0.3) is 5.69 Å². The molecule has 1 aromatic carbocycles. The van der Waals surface area contributed by atoms with Gasteiger partial charge in [0.1, 0.15) is 0 Å². The molecule has 3 N–H and O–H groups in total. The monoisotopic (exact) mass is 263 g/mol. The predicted octanol–water partition coefficient (Wildman–Crippen LogP) is 1.16. The number of non-ortho nitro benzene ring substituents is 1. The van der Waals surface area contributed by atoms with Crippen molar-refractivity contribution in [3.05, 3.63) is 52.6 Å². The maximum absolute atomic E-state index is 11.5. The molecule has 1 rings (SSSR count). The first-order valence-electron chi connectivity index (χ1n) is 5.92. The van der Waals surface area contributed by atoms with Crippen LogP contribution < -0.4 is 11.1 Å². The number of hydrogen-bond donors (Lipinski definition) is 2. The summed E-state index contributed by atoms with van der Waals surface area (Å²) in [5.74, 6) is -0.221. The zero-order valence-corrected chi connectivity index (χ0v) is 10.5. The van der Waals surface area contributed by atoms with E-state index >= 15 is 0 Å². The minimum absolute atomic E-state index is 0.0563. The van der Waals surface area contributed by atoms with Crippen LogP contribution in [0.1, 0.15) is 12.0 Å². The number of amides is 1. The van der Waals surface area contributed by atoms with Gasteiger partial charge >= 0.3 is 0 Å². The highest BCUT2D eigenvalue weighted by Crippen LogP contribution is 2.11. The van der Waals surface area contributed by atoms with Gasteiger partial charge in [-0.15, -0.1) is 6.58 Å². The number of nitrogens with one attached hydrogen (secondary N) is 1. The molecule has 1 amide bonds. The first-order chi connectivity index (χ1) is 9.04. The number of benzene rings is 1. The van der Waals surface area contributed by atoms with E-state index < -0.39 is 11.0 Å². The van der Waals surface area contributed by atoms with Gasteiger partial charge in [-0.25, -0.2) is 0 Å². The van der Waals surface area contributed by atoms with Crippen LogP contribution in [-0.2, 0) is 11.2 Å². The molecule has 102 valence electrons. The highest BCUT2D eigenvalue weighted by atomic mass is 16.6. The van der Waals surface area contributed by atoms with E-state index in [1.54, 1.807) is 18.2 Å². The Bertz CT molecular complexity index is 457. The Hall–Kier alpha value is -2.21. The number of nitrogens with two attached hydrogens (primary N) is 1. The average molecular weight is 263 g/mol. The molecule has 0 spiro atoms. The van der Waals surface area contributed by atoms with Crippen molar-refractivity contribution in [2.75, 3.05) is 6.54 Å². The van der Waals surface area contributed by atoms with E-state index in [9.17, 15) is 14.9 Å². The third-order valence-corrected chi connectivity index (χ3v) is 2.62. The quantitative estimate of drug-likeness (QED) is 0.438. The van der Waals surface area contributed by atoms with Gasteiger partial charge in [0, 0.05) is 18.7 Å². The van der Waals surface area contributed by atoms with Crippen LogP contribution in [0.3, 0.4) is 0 Å². The molecule has 0 aromatic heterocycles. The number of carbonyl (C=O) groups excluding carboxylic acids is 1. The van der Waals surface area contributed by atoms with E-state index in [1.807, 2.05) is 0 Å². The van der Waals surface area contributed by atoms with Gasteiger partial charge in [-0.05, 0) is 18.4 Å². The van der Waals surface area contributed by atoms with Gasteiger partial charge in [0.05, 0.1) is 11.0 Å². The molecular weight excluding hydrogens is 246 g/mol. The summed E-state index contributed by atoms with van der Waals surface area (Å²) >= 11 is 0. The standard InChI is InChI=1S/C13H17N3O3/c1-2-3-12(14)13(17)15-9-8-10-4-6-11(7-5-10)16(18)19/h2,4-7,12H,1,3,8-9,14H2,(H,15,17). The number of rotatable bonds is 7. The van der Waals surface area contributed by atoms with E-state index in [-0.39, 0.29) is 11.6 Å². The summed E-state index contributed by atoms with van der Waals surface area (Å²) in [6.45, 7) is 3.96. The molecule has 0 heterocycles. The second-order valence-electron chi connectivity index (χ2n) is 4.10. The van der Waals surface area contributed by atoms with Gasteiger partial charge < -0.3 is 11.1 Å². The lowest BCUT2D eigenvalue weighted by Gasteiger charge is -2.10. The highest BCUT2D eigenvalue weighted by Gasteiger charge is 2.10. The summed E-state index contributed by atoms with van der Waals surface area (Å²) in [4.78, 5) is 21.5. The number of nitro groups is 1. The molecule has 0 radical (unpaired) electrons. The SMILES string of the molecule is C=CCC(N)C(=O)NCCc1ccc([N+](=O)[O-])cc1. The molecule has 6 heteroatoms. The van der Waals surface area contributed by atoms with Crippen molar-refractivity contribution in [2.45, 2.75) is 18.9 Å². The van der Waals surface area contributed by atoms with Gasteiger partial charge in [-0.1, -0.05) is 18.2 Å². The fourth-order valence-corrected chi connectivity index (χ4v) is 1.53. The fourth-order valence-electron chi connectivity index (χ4n) is 1.53. The Labute approximate surface area is 111 Å². The van der Waals surface area contributed by atoms with Gasteiger partial charge in [0.2, 0.25) is 5.91 Å². The van der Waals surface area contributed by atoms with Crippen LogP contribution in [0.15, 0.2) is 36.9 Å². The number of nitrogens with zero attached hydrogens (tertiary/aromatic N) is 1. The van der Waals surface area contributed by atoms with Crippen molar-refractivity contribution < 1.29 is 9.72 Å². The lowest BCUT2D eigenvalue weighted by atomic mass is 10.1. The van der Waals surface area contributed by atoms with Crippen molar-refractivity contribution >= 4 is 11.6 Å². The zero-order valence-electron chi connectivity index (χ0n) is 10.5. The number of hydrogen-bond acceptors (Lipinski definition) is 4. The first-order valence-corrected chi connectivity index (χ1v) is 5.92. The Morgan fingerprint density at radius 2 is 2.11 bits per heavy atom. The molecule has 0 saturated heterocycles. The Balaban J connectivity index is 2.39. The largest absolute Gasteiger partial charge is 0.354 e. The summed E-state index contributed by atoms with van der Waals surface area (Å²) in [5, 5.41) is 13.2. The summed E-state index contributed by atoms with van der Waals surface area (Å²) in [5.41, 5.74) is 6.58. The maximum atomic E-state index is 11.5. The van der Waals surface area contributed by atoms with Crippen LogP contribution in [0.5, 0.6) is 0 Å². The molecule has 0 saturated carbocycles. The molecule has 0 fully saturated rings. The van der Waals surface area contributed by atoms with E-state index in [2.05, 4.69) is 11.9 Å². The van der Waals surface area contributed by atoms with E-state index in [4.69, 9.17) is 5.73 Å². The summed E-state index contributed by atoms with van der Waals surface area (Å²) in [6.07, 6.45) is 2.63. The molecule has 1 unspecified atom stereocenters. The molecule has 0 aliphatic carbocycles. The van der Waals surface area contributed by atoms with Crippen LogP contribution in [-0.4, -0.2) is 23.4 Å². The summed E-state index contributed by atoms with van der Waals surface area (Å²) < 4.78 is 0. The predicted molar refractivity (Wildman–Crippen MR) is 72.6 cm³/mol. The number of carbonyl (C=O) groups is 1. The minimum atomic E-state index is -0.575.